The molecule has 0 aromatic carbocycles. The van der Waals surface area contributed by atoms with Gasteiger partial charge in [0, 0.05) is 19.4 Å². The molecule has 0 aliphatic carbocycles. The third-order valence-electron chi connectivity index (χ3n) is 10.6. The summed E-state index contributed by atoms with van der Waals surface area (Å²) in [6, 6.07) is 0. The highest BCUT2D eigenvalue weighted by Gasteiger charge is 2.49. The van der Waals surface area contributed by atoms with Crippen LogP contribution in [0.5, 0.6) is 0 Å². The van der Waals surface area contributed by atoms with Crippen molar-refractivity contribution in [2.24, 2.45) is 0 Å². The summed E-state index contributed by atoms with van der Waals surface area (Å²) in [5, 5.41) is 32.9. The van der Waals surface area contributed by atoms with Crippen molar-refractivity contribution in [2.75, 3.05) is 6.54 Å². The number of carbonyl (C=O) groups is 2. The van der Waals surface area contributed by atoms with Crippen LogP contribution in [0.4, 0.5) is 0 Å². The van der Waals surface area contributed by atoms with E-state index >= 15 is 0 Å². The van der Waals surface area contributed by atoms with Gasteiger partial charge in [-0.25, -0.2) is 4.90 Å². The van der Waals surface area contributed by atoms with Crippen LogP contribution in [-0.2, 0) is 9.59 Å². The van der Waals surface area contributed by atoms with E-state index in [4.69, 9.17) is 0 Å². The van der Waals surface area contributed by atoms with Gasteiger partial charge >= 0.3 is 0 Å². The molecular weight excluding hydrogens is 610 g/mol. The first kappa shape index (κ1) is 48.2. The average Bonchev–Trinajstić information content (AvgIpc) is 3.06. The van der Waals surface area contributed by atoms with Crippen molar-refractivity contribution in [2.45, 2.75) is 258 Å². The maximum atomic E-state index is 13.2. The zero-order valence-electron chi connectivity index (χ0n) is 33.5. The highest BCUT2D eigenvalue weighted by molar-refractivity contribution is 5.90. The molecule has 49 heavy (non-hydrogen) atoms. The zero-order chi connectivity index (χ0) is 36.6. The summed E-state index contributed by atoms with van der Waals surface area (Å²) in [5.41, 5.74) is -4.08. The van der Waals surface area contributed by atoms with Crippen molar-refractivity contribution in [3.8, 4) is 0 Å². The molecule has 0 amide bonds. The molecule has 0 rings (SSSR count). The van der Waals surface area contributed by atoms with E-state index in [1.54, 1.807) is 0 Å². The summed E-state index contributed by atoms with van der Waals surface area (Å²) in [6.07, 6.45) is 36.6. The number of hydrogen-bond acceptors (Lipinski definition) is 6. The van der Waals surface area contributed by atoms with Gasteiger partial charge in [-0.1, -0.05) is 194 Å². The van der Waals surface area contributed by atoms with Crippen LogP contribution in [0.2, 0.25) is 0 Å². The Morgan fingerprint density at radius 1 is 0.449 bits per heavy atom. The van der Waals surface area contributed by atoms with Crippen molar-refractivity contribution in [1.29, 1.82) is 0 Å². The lowest BCUT2D eigenvalue weighted by Gasteiger charge is -2.44. The van der Waals surface area contributed by atoms with E-state index in [2.05, 4.69) is 13.8 Å². The van der Waals surface area contributed by atoms with Crippen LogP contribution in [-0.4, -0.2) is 55.9 Å². The van der Waals surface area contributed by atoms with Crippen molar-refractivity contribution < 1.29 is 24.9 Å². The van der Waals surface area contributed by atoms with Gasteiger partial charge in [0.1, 0.15) is 0 Å². The summed E-state index contributed by atoms with van der Waals surface area (Å²) in [7, 11) is 0. The second-order valence-corrected chi connectivity index (χ2v) is 15.7. The summed E-state index contributed by atoms with van der Waals surface area (Å²) in [4.78, 5) is 27.5. The van der Waals surface area contributed by atoms with E-state index in [0.29, 0.717) is 12.8 Å². The number of unbranched alkanes of at least 4 members (excludes halogenated alkanes) is 28. The number of ketones is 2. The number of hydrogen-bond donors (Lipinski definition) is 3. The first-order valence-corrected chi connectivity index (χ1v) is 21.5. The molecule has 6 nitrogen and oxygen atoms in total. The summed E-state index contributed by atoms with van der Waals surface area (Å²) in [6.45, 7) is 8.61. The van der Waals surface area contributed by atoms with Crippen molar-refractivity contribution >= 4 is 11.6 Å². The molecule has 0 bridgehead atoms. The van der Waals surface area contributed by atoms with Gasteiger partial charge in [-0.05, 0) is 33.6 Å². The Labute approximate surface area is 305 Å². The number of aliphatic hydroxyl groups is 3. The van der Waals surface area contributed by atoms with Gasteiger partial charge in [0.25, 0.3) is 0 Å². The molecule has 0 saturated heterocycles. The molecule has 3 N–H and O–H groups in total. The normalized spacial score (nSPS) is 15.0. The third-order valence-corrected chi connectivity index (χ3v) is 10.6. The van der Waals surface area contributed by atoms with E-state index < -0.39 is 29.1 Å². The zero-order valence-corrected chi connectivity index (χ0v) is 33.5. The number of Topliss-reactive ketones (excluding diaryl/α,β-unsaturated/α-hetero) is 2. The van der Waals surface area contributed by atoms with E-state index in [1.165, 1.54) is 162 Å². The molecule has 0 aromatic rings. The summed E-state index contributed by atoms with van der Waals surface area (Å²) in [5.74, 6) is -0.828. The highest BCUT2D eigenvalue weighted by Crippen LogP contribution is 2.28. The predicted molar refractivity (Wildman–Crippen MR) is 209 cm³/mol. The molecule has 0 spiro atoms. The second kappa shape index (κ2) is 31.9. The van der Waals surface area contributed by atoms with Crippen molar-refractivity contribution in [3.63, 3.8) is 0 Å². The average molecular weight is 696 g/mol. The molecule has 0 heterocycles. The topological polar surface area (TPSA) is 98.1 Å². The van der Waals surface area contributed by atoms with E-state index in [0.717, 1.165) is 43.4 Å². The van der Waals surface area contributed by atoms with Gasteiger partial charge in [0.15, 0.2) is 23.0 Å². The number of nitrogens with zero attached hydrogens (tertiary/aromatic N) is 1. The molecular formula is C43H85NO5. The first-order valence-electron chi connectivity index (χ1n) is 21.5. The van der Waals surface area contributed by atoms with Gasteiger partial charge in [-0.15, -0.1) is 0 Å². The van der Waals surface area contributed by atoms with Crippen LogP contribution in [0, 0.1) is 0 Å². The van der Waals surface area contributed by atoms with Gasteiger partial charge in [0.05, 0.1) is 6.10 Å². The van der Waals surface area contributed by atoms with Crippen molar-refractivity contribution in [3.05, 3.63) is 0 Å². The molecule has 0 aliphatic rings. The quantitative estimate of drug-likeness (QED) is 0.0439. The molecule has 292 valence electrons. The highest BCUT2D eigenvalue weighted by atomic mass is 16.4. The maximum absolute atomic E-state index is 13.2. The lowest BCUT2D eigenvalue weighted by Crippen LogP contribution is -2.66. The smallest absolute Gasteiger partial charge is 0.179 e. The van der Waals surface area contributed by atoms with Crippen LogP contribution in [0.1, 0.15) is 240 Å². The Morgan fingerprint density at radius 2 is 0.653 bits per heavy atom. The number of rotatable bonds is 38. The fourth-order valence-electron chi connectivity index (χ4n) is 7.13. The van der Waals surface area contributed by atoms with E-state index in [1.807, 2.05) is 0 Å². The maximum Gasteiger partial charge on any atom is 0.179 e. The van der Waals surface area contributed by atoms with E-state index in [9.17, 15) is 24.9 Å². The molecule has 0 aromatic heterocycles. The number of carbonyl (C=O) groups excluding carboxylic acids is 2. The van der Waals surface area contributed by atoms with Gasteiger partial charge < -0.3 is 15.3 Å². The minimum absolute atomic E-state index is 0.171. The number of aliphatic hydroxyl groups excluding tert-OH is 1. The van der Waals surface area contributed by atoms with Crippen LogP contribution < -0.4 is 0 Å². The van der Waals surface area contributed by atoms with E-state index in [-0.39, 0.29) is 19.4 Å². The largest absolute Gasteiger partial charge is 0.392 e. The summed E-state index contributed by atoms with van der Waals surface area (Å²) < 4.78 is 0. The lowest BCUT2D eigenvalue weighted by molar-refractivity contribution is -0.218. The fraction of sp³-hybridized carbons (Fsp3) is 0.953. The summed E-state index contributed by atoms with van der Waals surface area (Å²) >= 11 is 0. The third kappa shape index (κ3) is 25.7. The van der Waals surface area contributed by atoms with Gasteiger partial charge in [0.2, 0.25) is 0 Å². The minimum Gasteiger partial charge on any atom is -0.392 e. The Balaban J connectivity index is 4.28. The molecule has 3 unspecified atom stereocenters. The fourth-order valence-corrected chi connectivity index (χ4v) is 7.13. The minimum atomic E-state index is -2.04. The predicted octanol–water partition coefficient (Wildman–Crippen LogP) is 11.7. The molecule has 6 heteroatoms. The Bertz CT molecular complexity index is 707. The monoisotopic (exact) mass is 696 g/mol. The standard InChI is InChI=1S/C43H85NO5/c1-6-8-10-12-14-16-18-20-22-24-26-28-30-32-34-36-40(46)42(4,48)44(38-39(3)45)43(5,49)41(47)37-35-33-31-29-27-25-23-21-19-17-15-13-11-9-7-2/h39,45,48-49H,6-38H2,1-5H3. The van der Waals surface area contributed by atoms with Crippen LogP contribution in [0.3, 0.4) is 0 Å². The van der Waals surface area contributed by atoms with Crippen LogP contribution in [0.25, 0.3) is 0 Å². The van der Waals surface area contributed by atoms with Crippen LogP contribution >= 0.6 is 0 Å². The molecule has 0 saturated carbocycles. The van der Waals surface area contributed by atoms with Gasteiger partial charge in [-0.2, -0.15) is 0 Å². The Kier molecular flexibility index (Phi) is 31.3. The first-order chi connectivity index (χ1) is 23.5. The van der Waals surface area contributed by atoms with Crippen molar-refractivity contribution in [1.82, 2.24) is 4.90 Å². The molecule has 0 fully saturated rings. The van der Waals surface area contributed by atoms with Crippen LogP contribution in [0.15, 0.2) is 0 Å². The second-order valence-electron chi connectivity index (χ2n) is 15.7. The molecule has 0 radical (unpaired) electrons. The molecule has 3 atom stereocenters. The SMILES string of the molecule is CCCCCCCCCCCCCCCCCC(=O)C(C)(O)N(CC(C)O)C(C)(O)C(=O)CCCCCCCCCCCCCCCCC. The molecule has 0 aliphatic heterocycles. The van der Waals surface area contributed by atoms with Gasteiger partial charge in [-0.3, -0.25) is 9.59 Å². The Morgan fingerprint density at radius 3 is 0.857 bits per heavy atom. The Hall–Kier alpha value is -0.820. The lowest BCUT2D eigenvalue weighted by atomic mass is 9.94.